The average molecular weight is 210 g/mol. The zero-order chi connectivity index (χ0) is 10.8. The van der Waals surface area contributed by atoms with Crippen LogP contribution in [0, 0.1) is 0 Å². The molecule has 0 unspecified atom stereocenters. The topological polar surface area (TPSA) is 24.9 Å². The van der Waals surface area contributed by atoms with Crippen molar-refractivity contribution in [3.63, 3.8) is 0 Å². The minimum atomic E-state index is 0.547. The zero-order valence-electron chi connectivity index (χ0n) is 9.06. The van der Waals surface area contributed by atoms with Gasteiger partial charge in [0.2, 0.25) is 0 Å². The molecule has 0 spiro atoms. The lowest BCUT2D eigenvalue weighted by molar-refractivity contribution is 0.788. The van der Waals surface area contributed by atoms with Crippen molar-refractivity contribution in [1.29, 1.82) is 0 Å². The highest BCUT2D eigenvalue weighted by Crippen LogP contribution is 2.24. The first-order valence-electron chi connectivity index (χ1n) is 5.69. The maximum Gasteiger partial charge on any atom is 0.0722 e. The van der Waals surface area contributed by atoms with Crippen LogP contribution in [0.3, 0.4) is 0 Å². The number of para-hydroxylation sites is 1. The average Bonchev–Trinajstić information content (AvgIpc) is 2.82. The molecule has 1 N–H and O–H groups in total. The van der Waals surface area contributed by atoms with Gasteiger partial charge in [-0.05, 0) is 25.0 Å². The van der Waals surface area contributed by atoms with Gasteiger partial charge in [-0.2, -0.15) is 0 Å². The Morgan fingerprint density at radius 1 is 1.06 bits per heavy atom. The Labute approximate surface area is 95.0 Å². The molecule has 16 heavy (non-hydrogen) atoms. The van der Waals surface area contributed by atoms with Gasteiger partial charge in [0, 0.05) is 23.3 Å². The zero-order valence-corrected chi connectivity index (χ0v) is 9.06. The van der Waals surface area contributed by atoms with Crippen LogP contribution in [0.25, 0.3) is 10.9 Å². The van der Waals surface area contributed by atoms with E-state index < -0.39 is 0 Å². The van der Waals surface area contributed by atoms with Crippen molar-refractivity contribution < 1.29 is 0 Å². The first kappa shape index (κ1) is 9.40. The van der Waals surface area contributed by atoms with Gasteiger partial charge in [0.05, 0.1) is 5.52 Å². The fourth-order valence-corrected chi connectivity index (χ4v) is 2.18. The monoisotopic (exact) mass is 210 g/mol. The van der Waals surface area contributed by atoms with E-state index in [0.717, 1.165) is 18.4 Å². The Bertz CT molecular complexity index is 518. The Morgan fingerprint density at radius 2 is 1.88 bits per heavy atom. The van der Waals surface area contributed by atoms with Crippen LogP contribution in [-0.2, 0) is 0 Å². The summed E-state index contributed by atoms with van der Waals surface area (Å²) < 4.78 is 0. The molecule has 1 aromatic carbocycles. The molecule has 3 rings (SSSR count). The van der Waals surface area contributed by atoms with Crippen LogP contribution >= 0.6 is 0 Å². The highest BCUT2D eigenvalue weighted by Gasteiger charge is 2.10. The summed E-state index contributed by atoms with van der Waals surface area (Å²) in [5, 5.41) is 4.79. The largest absolute Gasteiger partial charge is 0.381 e. The number of rotatable bonds is 2. The molecule has 0 saturated heterocycles. The standard InChI is InChI=1S/C14H14N2/c1-2-6-11(5-1)16-14-9-10-15-13-8-4-3-7-12(13)14/h1-4,7-11H,5-6H2,(H,15,16). The van der Waals surface area contributed by atoms with E-state index in [2.05, 4.69) is 40.7 Å². The number of nitrogens with one attached hydrogen (secondary N) is 1. The molecule has 1 heterocycles. The summed E-state index contributed by atoms with van der Waals surface area (Å²) in [6, 6.07) is 10.9. The quantitative estimate of drug-likeness (QED) is 0.769. The van der Waals surface area contributed by atoms with Crippen molar-refractivity contribution in [2.45, 2.75) is 18.9 Å². The minimum absolute atomic E-state index is 0.547. The number of hydrogen-bond acceptors (Lipinski definition) is 2. The van der Waals surface area contributed by atoms with E-state index in [1.807, 2.05) is 18.3 Å². The van der Waals surface area contributed by atoms with Crippen molar-refractivity contribution in [3.8, 4) is 0 Å². The number of benzene rings is 1. The van der Waals surface area contributed by atoms with Crippen LogP contribution < -0.4 is 5.32 Å². The maximum absolute atomic E-state index is 4.36. The first-order valence-corrected chi connectivity index (χ1v) is 5.69. The van der Waals surface area contributed by atoms with E-state index in [0.29, 0.717) is 6.04 Å². The molecule has 0 saturated carbocycles. The summed E-state index contributed by atoms with van der Waals surface area (Å²) in [4.78, 5) is 4.36. The van der Waals surface area contributed by atoms with Gasteiger partial charge in [-0.15, -0.1) is 0 Å². The third-order valence-electron chi connectivity index (χ3n) is 3.02. The predicted octanol–water partition coefficient (Wildman–Crippen LogP) is 3.37. The van der Waals surface area contributed by atoms with Gasteiger partial charge in [-0.1, -0.05) is 30.4 Å². The second-order valence-corrected chi connectivity index (χ2v) is 4.16. The normalized spacial score (nSPS) is 15.8. The van der Waals surface area contributed by atoms with Gasteiger partial charge >= 0.3 is 0 Å². The number of anilines is 1. The lowest BCUT2D eigenvalue weighted by Crippen LogP contribution is -2.15. The molecule has 1 aromatic heterocycles. The Hall–Kier alpha value is -1.83. The molecule has 80 valence electrons. The molecule has 0 aliphatic heterocycles. The van der Waals surface area contributed by atoms with Gasteiger partial charge < -0.3 is 5.32 Å². The van der Waals surface area contributed by atoms with Gasteiger partial charge in [0.15, 0.2) is 0 Å². The van der Waals surface area contributed by atoms with Crippen molar-refractivity contribution in [2.24, 2.45) is 0 Å². The Morgan fingerprint density at radius 3 is 2.75 bits per heavy atom. The van der Waals surface area contributed by atoms with E-state index >= 15 is 0 Å². The first-order chi connectivity index (χ1) is 7.93. The highest BCUT2D eigenvalue weighted by atomic mass is 14.9. The molecule has 2 aromatic rings. The third-order valence-corrected chi connectivity index (χ3v) is 3.02. The minimum Gasteiger partial charge on any atom is -0.381 e. The molecular weight excluding hydrogens is 196 g/mol. The third kappa shape index (κ3) is 1.67. The van der Waals surface area contributed by atoms with Crippen molar-refractivity contribution in [2.75, 3.05) is 5.32 Å². The van der Waals surface area contributed by atoms with E-state index in [9.17, 15) is 0 Å². The van der Waals surface area contributed by atoms with E-state index in [1.54, 1.807) is 0 Å². The molecule has 2 heteroatoms. The predicted molar refractivity (Wildman–Crippen MR) is 67.5 cm³/mol. The summed E-state index contributed by atoms with van der Waals surface area (Å²) in [6.45, 7) is 0. The van der Waals surface area contributed by atoms with E-state index in [-0.39, 0.29) is 0 Å². The summed E-state index contributed by atoms with van der Waals surface area (Å²) in [7, 11) is 0. The molecule has 0 amide bonds. The van der Waals surface area contributed by atoms with Crippen molar-refractivity contribution in [3.05, 3.63) is 48.7 Å². The van der Waals surface area contributed by atoms with Crippen LogP contribution in [0.4, 0.5) is 5.69 Å². The van der Waals surface area contributed by atoms with Crippen LogP contribution in [0.5, 0.6) is 0 Å². The summed E-state index contributed by atoms with van der Waals surface area (Å²) in [6.07, 6.45) is 8.59. The number of pyridine rings is 1. The second kappa shape index (κ2) is 3.97. The fourth-order valence-electron chi connectivity index (χ4n) is 2.18. The highest BCUT2D eigenvalue weighted by molar-refractivity contribution is 5.90. The Balaban J connectivity index is 1.96. The Kier molecular flexibility index (Phi) is 2.33. The van der Waals surface area contributed by atoms with Crippen LogP contribution in [-0.4, -0.2) is 11.0 Å². The molecule has 0 atom stereocenters. The number of aromatic nitrogens is 1. The molecule has 1 aliphatic carbocycles. The lowest BCUT2D eigenvalue weighted by Gasteiger charge is -2.15. The molecule has 1 aliphatic rings. The molecular formula is C14H14N2. The smallest absolute Gasteiger partial charge is 0.0722 e. The van der Waals surface area contributed by atoms with E-state index in [4.69, 9.17) is 0 Å². The molecule has 0 radical (unpaired) electrons. The second-order valence-electron chi connectivity index (χ2n) is 4.16. The fraction of sp³-hybridized carbons (Fsp3) is 0.214. The molecule has 2 nitrogen and oxygen atoms in total. The molecule has 0 fully saturated rings. The van der Waals surface area contributed by atoms with E-state index in [1.165, 1.54) is 11.1 Å². The molecule has 0 bridgehead atoms. The van der Waals surface area contributed by atoms with Gasteiger partial charge in [0.1, 0.15) is 0 Å². The number of fused-ring (bicyclic) bond motifs is 1. The van der Waals surface area contributed by atoms with Gasteiger partial charge in [-0.3, -0.25) is 4.98 Å². The van der Waals surface area contributed by atoms with Gasteiger partial charge in [-0.25, -0.2) is 0 Å². The summed E-state index contributed by atoms with van der Waals surface area (Å²) in [5.74, 6) is 0. The maximum atomic E-state index is 4.36. The van der Waals surface area contributed by atoms with Crippen LogP contribution in [0.1, 0.15) is 12.8 Å². The van der Waals surface area contributed by atoms with Crippen LogP contribution in [0.2, 0.25) is 0 Å². The van der Waals surface area contributed by atoms with Gasteiger partial charge in [0.25, 0.3) is 0 Å². The SMILES string of the molecule is C1=CCC(Nc2ccnc3ccccc23)C1. The number of nitrogens with zero attached hydrogens (tertiary/aromatic N) is 1. The summed E-state index contributed by atoms with van der Waals surface area (Å²) in [5.41, 5.74) is 2.25. The number of hydrogen-bond donors (Lipinski definition) is 1. The van der Waals surface area contributed by atoms with Crippen molar-refractivity contribution >= 4 is 16.6 Å². The van der Waals surface area contributed by atoms with Crippen LogP contribution in [0.15, 0.2) is 48.7 Å². The lowest BCUT2D eigenvalue weighted by atomic mass is 10.1. The summed E-state index contributed by atoms with van der Waals surface area (Å²) >= 11 is 0. The van der Waals surface area contributed by atoms with Crippen molar-refractivity contribution in [1.82, 2.24) is 4.98 Å².